The summed E-state index contributed by atoms with van der Waals surface area (Å²) in [6, 6.07) is 4.34. The van der Waals surface area contributed by atoms with Crippen molar-refractivity contribution >= 4 is 0 Å². The highest BCUT2D eigenvalue weighted by atomic mass is 19.1. The van der Waals surface area contributed by atoms with E-state index >= 15 is 0 Å². The van der Waals surface area contributed by atoms with E-state index in [1.807, 2.05) is 0 Å². The second-order valence-corrected chi connectivity index (χ2v) is 2.94. The third kappa shape index (κ3) is 2.17. The van der Waals surface area contributed by atoms with Crippen LogP contribution in [0.3, 0.4) is 0 Å². The fourth-order valence-corrected chi connectivity index (χ4v) is 1.11. The van der Waals surface area contributed by atoms with Gasteiger partial charge in [0.15, 0.2) is 0 Å². The van der Waals surface area contributed by atoms with Crippen LogP contribution in [0.15, 0.2) is 18.2 Å². The lowest BCUT2D eigenvalue weighted by atomic mass is 10.0. The van der Waals surface area contributed by atoms with Gasteiger partial charge < -0.3 is 4.74 Å². The minimum atomic E-state index is -0.565. The quantitative estimate of drug-likeness (QED) is 0.705. The molecule has 0 bridgehead atoms. The van der Waals surface area contributed by atoms with Crippen molar-refractivity contribution in [2.75, 3.05) is 13.8 Å². The van der Waals surface area contributed by atoms with Gasteiger partial charge in [0.05, 0.1) is 13.8 Å². The molecule has 1 rings (SSSR count). The van der Waals surface area contributed by atoms with Gasteiger partial charge in [0, 0.05) is 5.92 Å². The molecule has 0 spiro atoms. The van der Waals surface area contributed by atoms with E-state index in [2.05, 4.69) is 0 Å². The van der Waals surface area contributed by atoms with Gasteiger partial charge in [-0.1, -0.05) is 6.92 Å². The van der Waals surface area contributed by atoms with Crippen LogP contribution < -0.4 is 4.74 Å². The number of halogens is 2. The van der Waals surface area contributed by atoms with Crippen molar-refractivity contribution in [2.24, 2.45) is 0 Å². The average Bonchev–Trinajstić information content (AvgIpc) is 2.17. The third-order valence-corrected chi connectivity index (χ3v) is 1.97. The Balaban J connectivity index is 3.03. The Labute approximate surface area is 76.3 Å². The molecule has 1 nitrogen and oxygen atoms in total. The molecule has 1 aromatic carbocycles. The summed E-state index contributed by atoms with van der Waals surface area (Å²) in [7, 11) is 1.50. The molecule has 13 heavy (non-hydrogen) atoms. The molecule has 0 radical (unpaired) electrons. The average molecular weight is 186 g/mol. The highest BCUT2D eigenvalue weighted by Gasteiger charge is 2.11. The van der Waals surface area contributed by atoms with Crippen molar-refractivity contribution < 1.29 is 13.5 Å². The Morgan fingerprint density at radius 2 is 2.15 bits per heavy atom. The van der Waals surface area contributed by atoms with Gasteiger partial charge in [-0.3, -0.25) is 4.39 Å². The number of hydrogen-bond donors (Lipinski definition) is 0. The molecule has 0 aliphatic heterocycles. The maximum atomic E-state index is 13.1. The van der Waals surface area contributed by atoms with Crippen molar-refractivity contribution in [1.82, 2.24) is 0 Å². The van der Waals surface area contributed by atoms with Crippen LogP contribution >= 0.6 is 0 Å². The van der Waals surface area contributed by atoms with Crippen LogP contribution in [0.5, 0.6) is 5.75 Å². The second-order valence-electron chi connectivity index (χ2n) is 2.94. The molecule has 0 saturated heterocycles. The first kappa shape index (κ1) is 9.96. The number of methoxy groups -OCH3 is 1. The topological polar surface area (TPSA) is 9.23 Å². The monoisotopic (exact) mass is 186 g/mol. The predicted molar refractivity (Wildman–Crippen MR) is 47.3 cm³/mol. The first-order valence-electron chi connectivity index (χ1n) is 4.08. The minimum absolute atomic E-state index is 0.363. The minimum Gasteiger partial charge on any atom is -0.497 e. The number of rotatable bonds is 3. The molecule has 72 valence electrons. The molecule has 0 N–H and O–H groups in total. The second kappa shape index (κ2) is 4.21. The molecule has 0 amide bonds. The lowest BCUT2D eigenvalue weighted by Gasteiger charge is -2.09. The highest BCUT2D eigenvalue weighted by molar-refractivity contribution is 5.31. The smallest absolute Gasteiger partial charge is 0.127 e. The van der Waals surface area contributed by atoms with Crippen LogP contribution in [0.25, 0.3) is 0 Å². The Morgan fingerprint density at radius 3 is 2.69 bits per heavy atom. The van der Waals surface area contributed by atoms with Gasteiger partial charge in [0.1, 0.15) is 11.6 Å². The summed E-state index contributed by atoms with van der Waals surface area (Å²) in [4.78, 5) is 0. The molecule has 1 atom stereocenters. The SMILES string of the molecule is COc1ccc(F)c(C(C)CF)c1. The number of ether oxygens (including phenoxy) is 1. The Bertz CT molecular complexity index is 286. The first-order valence-corrected chi connectivity index (χ1v) is 4.08. The van der Waals surface area contributed by atoms with Crippen molar-refractivity contribution in [3.8, 4) is 5.75 Å². The molecule has 0 heterocycles. The standard InChI is InChI=1S/C10H12F2O/c1-7(6-11)9-5-8(13-2)3-4-10(9)12/h3-5,7H,6H2,1-2H3. The Kier molecular flexibility index (Phi) is 3.23. The summed E-state index contributed by atoms with van der Waals surface area (Å²) in [6.45, 7) is 1.07. The molecule has 0 saturated carbocycles. The number of benzene rings is 1. The number of hydrogen-bond acceptors (Lipinski definition) is 1. The Hall–Kier alpha value is -1.12. The fourth-order valence-electron chi connectivity index (χ4n) is 1.11. The summed E-state index contributed by atoms with van der Waals surface area (Å²) >= 11 is 0. The van der Waals surface area contributed by atoms with Gasteiger partial charge in [-0.25, -0.2) is 4.39 Å². The van der Waals surface area contributed by atoms with Crippen LogP contribution in [-0.2, 0) is 0 Å². The zero-order valence-electron chi connectivity index (χ0n) is 7.68. The normalized spacial score (nSPS) is 12.6. The van der Waals surface area contributed by atoms with E-state index in [9.17, 15) is 8.78 Å². The van der Waals surface area contributed by atoms with Crippen molar-refractivity contribution in [3.05, 3.63) is 29.6 Å². The molecule has 3 heteroatoms. The summed E-state index contributed by atoms with van der Waals surface area (Å²) in [5.41, 5.74) is 0.363. The molecular formula is C10H12F2O. The third-order valence-electron chi connectivity index (χ3n) is 1.97. The van der Waals surface area contributed by atoms with E-state index in [0.29, 0.717) is 11.3 Å². The van der Waals surface area contributed by atoms with Gasteiger partial charge in [0.25, 0.3) is 0 Å². The zero-order valence-corrected chi connectivity index (χ0v) is 7.68. The lowest BCUT2D eigenvalue weighted by molar-refractivity contribution is 0.407. The first-order chi connectivity index (χ1) is 6.19. The summed E-state index contributed by atoms with van der Waals surface area (Å²) < 4.78 is 30.3. The summed E-state index contributed by atoms with van der Waals surface area (Å²) in [5, 5.41) is 0. The van der Waals surface area contributed by atoms with Gasteiger partial charge in [-0.15, -0.1) is 0 Å². The molecule has 0 fully saturated rings. The maximum Gasteiger partial charge on any atom is 0.127 e. The molecule has 0 aliphatic carbocycles. The molecule has 1 aromatic rings. The van der Waals surface area contributed by atoms with E-state index < -0.39 is 12.6 Å². The maximum absolute atomic E-state index is 13.1. The van der Waals surface area contributed by atoms with Gasteiger partial charge in [0.2, 0.25) is 0 Å². The van der Waals surface area contributed by atoms with Gasteiger partial charge in [-0.05, 0) is 23.8 Å². The van der Waals surface area contributed by atoms with E-state index in [4.69, 9.17) is 4.74 Å². The fraction of sp³-hybridized carbons (Fsp3) is 0.400. The van der Waals surface area contributed by atoms with E-state index in [-0.39, 0.29) is 5.82 Å². The summed E-state index contributed by atoms with van der Waals surface area (Å²) in [5.74, 6) is -0.252. The van der Waals surface area contributed by atoms with E-state index in [1.54, 1.807) is 6.92 Å². The van der Waals surface area contributed by atoms with Crippen molar-refractivity contribution in [1.29, 1.82) is 0 Å². The highest BCUT2D eigenvalue weighted by Crippen LogP contribution is 2.23. The van der Waals surface area contributed by atoms with Crippen LogP contribution in [0, 0.1) is 5.82 Å². The molecule has 1 unspecified atom stereocenters. The van der Waals surface area contributed by atoms with Crippen LogP contribution in [0.4, 0.5) is 8.78 Å². The van der Waals surface area contributed by atoms with Gasteiger partial charge in [-0.2, -0.15) is 0 Å². The molecular weight excluding hydrogens is 174 g/mol. The van der Waals surface area contributed by atoms with Crippen LogP contribution in [0.2, 0.25) is 0 Å². The molecule has 0 aromatic heterocycles. The van der Waals surface area contributed by atoms with Gasteiger partial charge >= 0.3 is 0 Å². The largest absolute Gasteiger partial charge is 0.497 e. The summed E-state index contributed by atoms with van der Waals surface area (Å²) in [6.07, 6.45) is 0. The predicted octanol–water partition coefficient (Wildman–Crippen LogP) is 2.91. The van der Waals surface area contributed by atoms with Crippen molar-refractivity contribution in [2.45, 2.75) is 12.8 Å². The molecule has 0 aliphatic rings. The Morgan fingerprint density at radius 1 is 1.46 bits per heavy atom. The number of alkyl halides is 1. The van der Waals surface area contributed by atoms with E-state index in [0.717, 1.165) is 0 Å². The lowest BCUT2D eigenvalue weighted by Crippen LogP contribution is -1.99. The van der Waals surface area contributed by atoms with Crippen molar-refractivity contribution in [3.63, 3.8) is 0 Å². The van der Waals surface area contributed by atoms with E-state index in [1.165, 1.54) is 25.3 Å². The van der Waals surface area contributed by atoms with Crippen LogP contribution in [-0.4, -0.2) is 13.8 Å². The zero-order chi connectivity index (χ0) is 9.84. The van der Waals surface area contributed by atoms with Crippen LogP contribution in [0.1, 0.15) is 18.4 Å².